The Morgan fingerprint density at radius 3 is 2.67 bits per heavy atom. The predicted octanol–water partition coefficient (Wildman–Crippen LogP) is 1.50. The number of nitrogens with one attached hydrogen (secondary N) is 1. The number of rotatable bonds is 6. The summed E-state index contributed by atoms with van der Waals surface area (Å²) in [5.74, 6) is 0. The van der Waals surface area contributed by atoms with Gasteiger partial charge in [-0.25, -0.2) is 0 Å². The van der Waals surface area contributed by atoms with Crippen molar-refractivity contribution >= 4 is 11.4 Å². The van der Waals surface area contributed by atoms with Gasteiger partial charge in [0.15, 0.2) is 6.29 Å². The zero-order valence-electron chi connectivity index (χ0n) is 10.0. The van der Waals surface area contributed by atoms with Crippen LogP contribution < -0.4 is 5.32 Å². The van der Waals surface area contributed by atoms with Gasteiger partial charge in [-0.1, -0.05) is 0 Å². The molecule has 1 aromatic rings. The number of methoxy groups -OCH3 is 2. The third-order valence-electron chi connectivity index (χ3n) is 2.31. The highest BCUT2D eigenvalue weighted by atomic mass is 16.7. The number of hydrogen-bond donors (Lipinski definition) is 1. The highest BCUT2D eigenvalue weighted by Gasteiger charge is 2.15. The van der Waals surface area contributed by atoms with Crippen molar-refractivity contribution < 1.29 is 14.4 Å². The average Bonchev–Trinajstić information content (AvgIpc) is 2.39. The minimum Gasteiger partial charge on any atom is -0.374 e. The fourth-order valence-electron chi connectivity index (χ4n) is 1.36. The molecule has 0 fully saturated rings. The van der Waals surface area contributed by atoms with Gasteiger partial charge in [0.05, 0.1) is 23.1 Å². The quantitative estimate of drug-likeness (QED) is 0.467. The van der Waals surface area contributed by atoms with Crippen LogP contribution in [0.3, 0.4) is 0 Å². The van der Waals surface area contributed by atoms with Crippen LogP contribution in [-0.2, 0) is 9.47 Å². The van der Waals surface area contributed by atoms with E-state index in [0.717, 1.165) is 0 Å². The van der Waals surface area contributed by atoms with Crippen LogP contribution in [0.4, 0.5) is 11.4 Å². The fourth-order valence-corrected chi connectivity index (χ4v) is 1.36. The molecule has 18 heavy (non-hydrogen) atoms. The summed E-state index contributed by atoms with van der Waals surface area (Å²) in [4.78, 5) is 10.3. The molecule has 0 heterocycles. The smallest absolute Gasteiger partial charge is 0.293 e. The third kappa shape index (κ3) is 3.41. The van der Waals surface area contributed by atoms with Crippen molar-refractivity contribution in [1.82, 2.24) is 0 Å². The molecule has 0 atom stereocenters. The molecule has 0 saturated heterocycles. The first-order valence-electron chi connectivity index (χ1n) is 5.10. The maximum absolute atomic E-state index is 10.9. The van der Waals surface area contributed by atoms with E-state index in [-0.39, 0.29) is 17.8 Å². The summed E-state index contributed by atoms with van der Waals surface area (Å²) in [5, 5.41) is 22.4. The molecule has 0 radical (unpaired) electrons. The summed E-state index contributed by atoms with van der Waals surface area (Å²) in [5.41, 5.74) is 0.403. The largest absolute Gasteiger partial charge is 0.374 e. The molecule has 0 aromatic heterocycles. The van der Waals surface area contributed by atoms with Gasteiger partial charge in [0.2, 0.25) is 0 Å². The normalized spacial score (nSPS) is 10.1. The molecule has 0 amide bonds. The second-order valence-corrected chi connectivity index (χ2v) is 3.38. The van der Waals surface area contributed by atoms with E-state index in [0.29, 0.717) is 5.69 Å². The molecule has 0 spiro atoms. The molecule has 1 aromatic carbocycles. The Balaban J connectivity index is 2.88. The monoisotopic (exact) mass is 251 g/mol. The number of anilines is 1. The lowest BCUT2D eigenvalue weighted by molar-refractivity contribution is -0.384. The number of benzene rings is 1. The number of nitro groups is 1. The number of nitro benzene ring substituents is 1. The Morgan fingerprint density at radius 2 is 2.17 bits per heavy atom. The number of nitriles is 1. The summed E-state index contributed by atoms with van der Waals surface area (Å²) in [7, 11) is 2.95. The lowest BCUT2D eigenvalue weighted by Crippen LogP contribution is -2.23. The zero-order valence-corrected chi connectivity index (χ0v) is 10.0. The number of hydrogen-bond acceptors (Lipinski definition) is 6. The highest BCUT2D eigenvalue weighted by Crippen LogP contribution is 2.25. The first-order chi connectivity index (χ1) is 8.62. The van der Waals surface area contributed by atoms with Crippen LogP contribution in [0.1, 0.15) is 5.56 Å². The SMILES string of the molecule is COC(CNc1ccc(C#N)cc1[N+](=O)[O-])OC. The summed E-state index contributed by atoms with van der Waals surface area (Å²) >= 11 is 0. The molecular weight excluding hydrogens is 238 g/mol. The highest BCUT2D eigenvalue weighted by molar-refractivity contribution is 5.64. The van der Waals surface area contributed by atoms with Crippen molar-refractivity contribution in [2.24, 2.45) is 0 Å². The van der Waals surface area contributed by atoms with Gasteiger partial charge < -0.3 is 14.8 Å². The first kappa shape index (κ1) is 13.9. The van der Waals surface area contributed by atoms with Crippen LogP contribution in [-0.4, -0.2) is 32.0 Å². The molecular formula is C11H13N3O4. The van der Waals surface area contributed by atoms with Gasteiger partial charge in [-0.15, -0.1) is 0 Å². The van der Waals surface area contributed by atoms with Crippen LogP contribution >= 0.6 is 0 Å². The van der Waals surface area contributed by atoms with E-state index in [4.69, 9.17) is 14.7 Å². The molecule has 7 heteroatoms. The maximum atomic E-state index is 10.9. The number of ether oxygens (including phenoxy) is 2. The summed E-state index contributed by atoms with van der Waals surface area (Å²) in [6, 6.07) is 6.06. The van der Waals surface area contributed by atoms with Crippen molar-refractivity contribution in [3.05, 3.63) is 33.9 Å². The van der Waals surface area contributed by atoms with Crippen LogP contribution in [0.15, 0.2) is 18.2 Å². The molecule has 0 aliphatic rings. The molecule has 0 bridgehead atoms. The van der Waals surface area contributed by atoms with Crippen molar-refractivity contribution in [1.29, 1.82) is 5.26 Å². The minimum absolute atomic E-state index is 0.153. The van der Waals surface area contributed by atoms with Gasteiger partial charge >= 0.3 is 0 Å². The first-order valence-corrected chi connectivity index (χ1v) is 5.10. The van der Waals surface area contributed by atoms with Crippen molar-refractivity contribution in [3.8, 4) is 6.07 Å². The van der Waals surface area contributed by atoms with Crippen LogP contribution in [0, 0.1) is 21.4 Å². The topological polar surface area (TPSA) is 97.4 Å². The molecule has 0 aliphatic carbocycles. The molecule has 1 rings (SSSR count). The molecule has 7 nitrogen and oxygen atoms in total. The van der Waals surface area contributed by atoms with E-state index < -0.39 is 11.2 Å². The van der Waals surface area contributed by atoms with Crippen LogP contribution in [0.25, 0.3) is 0 Å². The molecule has 1 N–H and O–H groups in total. The Labute approximate surface area is 104 Å². The Hall–Kier alpha value is -2.17. The van der Waals surface area contributed by atoms with E-state index in [1.165, 1.54) is 32.4 Å². The van der Waals surface area contributed by atoms with Crippen molar-refractivity contribution in [2.75, 3.05) is 26.1 Å². The van der Waals surface area contributed by atoms with Gasteiger partial charge in [0, 0.05) is 20.3 Å². The molecule has 0 aliphatic heterocycles. The van der Waals surface area contributed by atoms with Crippen LogP contribution in [0.5, 0.6) is 0 Å². The van der Waals surface area contributed by atoms with Gasteiger partial charge in [-0.05, 0) is 12.1 Å². The van der Waals surface area contributed by atoms with Gasteiger partial charge in [0.25, 0.3) is 5.69 Å². The van der Waals surface area contributed by atoms with E-state index in [9.17, 15) is 10.1 Å². The predicted molar refractivity (Wildman–Crippen MR) is 64.1 cm³/mol. The average molecular weight is 251 g/mol. The van der Waals surface area contributed by atoms with Gasteiger partial charge in [0.1, 0.15) is 5.69 Å². The van der Waals surface area contributed by atoms with E-state index in [2.05, 4.69) is 5.32 Å². The van der Waals surface area contributed by atoms with Gasteiger partial charge in [-0.3, -0.25) is 10.1 Å². The standard InChI is InChI=1S/C11H13N3O4/c1-17-11(18-2)7-13-9-4-3-8(6-12)5-10(9)14(15)16/h3-5,11,13H,7H2,1-2H3. The Morgan fingerprint density at radius 1 is 1.50 bits per heavy atom. The zero-order chi connectivity index (χ0) is 13.5. The number of nitrogens with zero attached hydrogens (tertiary/aromatic N) is 2. The minimum atomic E-state index is -0.544. The Kier molecular flexibility index (Phi) is 5.05. The van der Waals surface area contributed by atoms with E-state index in [1.807, 2.05) is 6.07 Å². The summed E-state index contributed by atoms with van der Waals surface area (Å²) in [6.45, 7) is 0.264. The summed E-state index contributed by atoms with van der Waals surface area (Å²) in [6.07, 6.45) is -0.500. The maximum Gasteiger partial charge on any atom is 0.293 e. The van der Waals surface area contributed by atoms with Crippen molar-refractivity contribution in [2.45, 2.75) is 6.29 Å². The van der Waals surface area contributed by atoms with E-state index in [1.54, 1.807) is 0 Å². The van der Waals surface area contributed by atoms with E-state index >= 15 is 0 Å². The molecule has 0 saturated carbocycles. The molecule has 0 unspecified atom stereocenters. The van der Waals surface area contributed by atoms with Gasteiger partial charge in [-0.2, -0.15) is 5.26 Å². The molecule has 96 valence electrons. The third-order valence-corrected chi connectivity index (χ3v) is 2.31. The van der Waals surface area contributed by atoms with Crippen LogP contribution in [0.2, 0.25) is 0 Å². The second-order valence-electron chi connectivity index (χ2n) is 3.38. The fraction of sp³-hybridized carbons (Fsp3) is 0.364. The Bertz CT molecular complexity index is 466. The summed E-state index contributed by atoms with van der Waals surface area (Å²) < 4.78 is 9.92. The lowest BCUT2D eigenvalue weighted by Gasteiger charge is -2.14. The lowest BCUT2D eigenvalue weighted by atomic mass is 10.2. The second kappa shape index (κ2) is 6.54. The van der Waals surface area contributed by atoms with Crippen molar-refractivity contribution in [3.63, 3.8) is 0 Å².